The first-order valence-electron chi connectivity index (χ1n) is 18.1. The monoisotopic (exact) mass is 689 g/mol. The minimum atomic E-state index is -0.964. The Kier molecular flexibility index (Phi) is 14.8. The molecule has 1 saturated heterocycles. The molecule has 0 aliphatic carbocycles. The van der Waals surface area contributed by atoms with Gasteiger partial charge in [-0.25, -0.2) is 0 Å². The normalized spacial score (nSPS) is 22.7. The topological polar surface area (TPSA) is 143 Å². The lowest BCUT2D eigenvalue weighted by molar-refractivity contribution is -0.133. The van der Waals surface area contributed by atoms with E-state index in [-0.39, 0.29) is 24.2 Å². The number of fused-ring (bicyclic) bond motifs is 18. The first kappa shape index (κ1) is 38.5. The Labute approximate surface area is 296 Å². The van der Waals surface area contributed by atoms with E-state index in [0.717, 1.165) is 43.9 Å². The van der Waals surface area contributed by atoms with E-state index in [1.165, 1.54) is 0 Å². The SMILES string of the molecule is CCN1CCN(CC(=O)N2CCCCNC(=O)[C@@H](C)NC(=O)[C@H](CC(C)C)NC(=O)[C@@H](Cc3ccccc3)NC(=O)c3ccc(cc3)C2)CC1. The first-order chi connectivity index (χ1) is 24.0. The summed E-state index contributed by atoms with van der Waals surface area (Å²) in [4.78, 5) is 73.7. The third-order valence-electron chi connectivity index (χ3n) is 9.36. The van der Waals surface area contributed by atoms with E-state index in [1.807, 2.05) is 61.2 Å². The van der Waals surface area contributed by atoms with E-state index >= 15 is 0 Å². The Morgan fingerprint density at radius 3 is 2.10 bits per heavy atom. The number of hydrogen-bond acceptors (Lipinski definition) is 7. The fourth-order valence-electron chi connectivity index (χ4n) is 6.28. The maximum absolute atomic E-state index is 13.8. The van der Waals surface area contributed by atoms with Crippen LogP contribution in [-0.2, 0) is 32.1 Å². The zero-order valence-electron chi connectivity index (χ0n) is 30.1. The smallest absolute Gasteiger partial charge is 0.251 e. The van der Waals surface area contributed by atoms with Gasteiger partial charge in [0.1, 0.15) is 18.1 Å². The predicted molar refractivity (Wildman–Crippen MR) is 193 cm³/mol. The Hall–Kier alpha value is -4.29. The predicted octanol–water partition coefficient (Wildman–Crippen LogP) is 1.94. The van der Waals surface area contributed by atoms with Gasteiger partial charge in [-0.05, 0) is 61.9 Å². The van der Waals surface area contributed by atoms with E-state index in [0.29, 0.717) is 51.0 Å². The van der Waals surface area contributed by atoms with E-state index in [1.54, 1.807) is 19.1 Å². The lowest BCUT2D eigenvalue weighted by atomic mass is 10.0. The van der Waals surface area contributed by atoms with Crippen LogP contribution in [0.4, 0.5) is 0 Å². The molecular weight excluding hydrogens is 634 g/mol. The Balaban J connectivity index is 1.56. The van der Waals surface area contributed by atoms with Crippen molar-refractivity contribution >= 4 is 29.5 Å². The lowest BCUT2D eigenvalue weighted by Crippen LogP contribution is -2.57. The molecule has 0 aromatic heterocycles. The van der Waals surface area contributed by atoms with Gasteiger partial charge in [-0.1, -0.05) is 63.2 Å². The second kappa shape index (κ2) is 19.2. The van der Waals surface area contributed by atoms with Crippen molar-refractivity contribution in [3.05, 3.63) is 71.3 Å². The number of likely N-dealkylation sites (N-methyl/N-ethyl adjacent to an activating group) is 1. The van der Waals surface area contributed by atoms with Gasteiger partial charge < -0.3 is 31.1 Å². The van der Waals surface area contributed by atoms with Gasteiger partial charge in [0.15, 0.2) is 0 Å². The lowest BCUT2D eigenvalue weighted by Gasteiger charge is -2.35. The van der Waals surface area contributed by atoms with Crippen LogP contribution < -0.4 is 21.3 Å². The first-order valence-corrected chi connectivity index (χ1v) is 18.1. The van der Waals surface area contributed by atoms with Crippen molar-refractivity contribution in [1.82, 2.24) is 36.0 Å². The zero-order chi connectivity index (χ0) is 36.0. The van der Waals surface area contributed by atoms with Crippen LogP contribution >= 0.6 is 0 Å². The molecule has 2 aromatic carbocycles. The molecule has 2 bridgehead atoms. The summed E-state index contributed by atoms with van der Waals surface area (Å²) in [7, 11) is 0. The molecular formula is C38H55N7O5. The van der Waals surface area contributed by atoms with Gasteiger partial charge in [-0.3, -0.25) is 28.9 Å². The van der Waals surface area contributed by atoms with Crippen molar-refractivity contribution in [2.24, 2.45) is 5.92 Å². The minimum Gasteiger partial charge on any atom is -0.354 e. The number of hydrogen-bond donors (Lipinski definition) is 4. The van der Waals surface area contributed by atoms with Crippen LogP contribution in [0, 0.1) is 5.92 Å². The number of benzene rings is 2. The standard InChI is InChI=1S/C38H55N7O5/c1-5-43-19-21-44(22-20-43)26-34(46)45-18-10-9-17-39-35(47)28(4)40-37(49)32(23-27(2)3)42-38(50)33(24-29-11-7-6-8-12-29)41-36(48)31-15-13-30(25-45)14-16-31/h6-8,11-16,27-28,32-33H,5,9-10,17-26H2,1-4H3,(H,39,47)(H,40,49)(H,41,48)(H,42,50)/t28-,32+,33-/m1/s1. The number of amides is 5. The van der Waals surface area contributed by atoms with Gasteiger partial charge in [-0.15, -0.1) is 0 Å². The average Bonchev–Trinajstić information content (AvgIpc) is 3.10. The molecule has 5 amide bonds. The second-order valence-corrected chi connectivity index (χ2v) is 13.9. The zero-order valence-corrected chi connectivity index (χ0v) is 30.1. The summed E-state index contributed by atoms with van der Waals surface area (Å²) in [6.07, 6.45) is 1.90. The Morgan fingerprint density at radius 2 is 1.44 bits per heavy atom. The number of rotatable bonds is 7. The van der Waals surface area contributed by atoms with Crippen molar-refractivity contribution in [1.29, 1.82) is 0 Å². The molecule has 3 atom stereocenters. The van der Waals surface area contributed by atoms with Crippen molar-refractivity contribution < 1.29 is 24.0 Å². The highest BCUT2D eigenvalue weighted by Gasteiger charge is 2.30. The number of nitrogens with one attached hydrogen (secondary N) is 4. The summed E-state index contributed by atoms with van der Waals surface area (Å²) in [5, 5.41) is 11.4. The van der Waals surface area contributed by atoms with Crippen LogP contribution in [0.1, 0.15) is 68.4 Å². The molecule has 0 saturated carbocycles. The molecule has 0 spiro atoms. The van der Waals surface area contributed by atoms with Crippen molar-refractivity contribution in [3.8, 4) is 0 Å². The molecule has 272 valence electrons. The van der Waals surface area contributed by atoms with Crippen LogP contribution in [0.3, 0.4) is 0 Å². The molecule has 0 radical (unpaired) electrons. The maximum atomic E-state index is 13.8. The summed E-state index contributed by atoms with van der Waals surface area (Å²) in [5.41, 5.74) is 2.12. The number of carbonyl (C=O) groups is 5. The van der Waals surface area contributed by atoms with Gasteiger partial charge in [0.25, 0.3) is 5.91 Å². The van der Waals surface area contributed by atoms with E-state index in [2.05, 4.69) is 38.0 Å². The van der Waals surface area contributed by atoms with Crippen LogP contribution in [0.25, 0.3) is 0 Å². The van der Waals surface area contributed by atoms with E-state index < -0.39 is 35.8 Å². The molecule has 3 aliphatic heterocycles. The van der Waals surface area contributed by atoms with Crippen LogP contribution in [-0.4, -0.2) is 115 Å². The third-order valence-corrected chi connectivity index (χ3v) is 9.36. The van der Waals surface area contributed by atoms with E-state index in [9.17, 15) is 24.0 Å². The molecule has 50 heavy (non-hydrogen) atoms. The molecule has 3 aliphatic rings. The highest BCUT2D eigenvalue weighted by atomic mass is 16.2. The molecule has 1 fully saturated rings. The average molecular weight is 690 g/mol. The van der Waals surface area contributed by atoms with Gasteiger partial charge in [0.2, 0.25) is 23.6 Å². The highest BCUT2D eigenvalue weighted by molar-refractivity contribution is 5.99. The van der Waals surface area contributed by atoms with Crippen LogP contribution in [0.15, 0.2) is 54.6 Å². The molecule has 12 nitrogen and oxygen atoms in total. The van der Waals surface area contributed by atoms with Crippen LogP contribution in [0.2, 0.25) is 0 Å². The van der Waals surface area contributed by atoms with Crippen molar-refractivity contribution in [3.63, 3.8) is 0 Å². The van der Waals surface area contributed by atoms with Crippen molar-refractivity contribution in [2.45, 2.75) is 78.0 Å². The third kappa shape index (κ3) is 11.9. The van der Waals surface area contributed by atoms with Crippen molar-refractivity contribution in [2.75, 3.05) is 52.4 Å². The molecule has 12 heteroatoms. The second-order valence-electron chi connectivity index (χ2n) is 13.9. The van der Waals surface area contributed by atoms with Gasteiger partial charge in [0, 0.05) is 57.8 Å². The highest BCUT2D eigenvalue weighted by Crippen LogP contribution is 2.13. The summed E-state index contributed by atoms with van der Waals surface area (Å²) in [6, 6.07) is 13.8. The number of piperazine rings is 1. The largest absolute Gasteiger partial charge is 0.354 e. The van der Waals surface area contributed by atoms with Gasteiger partial charge >= 0.3 is 0 Å². The quantitative estimate of drug-likeness (QED) is 0.326. The van der Waals surface area contributed by atoms with Gasteiger partial charge in [-0.2, -0.15) is 0 Å². The molecule has 2 aromatic rings. The molecule has 4 N–H and O–H groups in total. The number of nitrogens with zero attached hydrogens (tertiary/aromatic N) is 3. The fourth-order valence-corrected chi connectivity index (χ4v) is 6.28. The fraction of sp³-hybridized carbons (Fsp3) is 0.553. The minimum absolute atomic E-state index is 0.0428. The summed E-state index contributed by atoms with van der Waals surface area (Å²) < 4.78 is 0. The van der Waals surface area contributed by atoms with Gasteiger partial charge in [0.05, 0.1) is 6.54 Å². The maximum Gasteiger partial charge on any atom is 0.251 e. The molecule has 3 heterocycles. The summed E-state index contributed by atoms with van der Waals surface area (Å²) in [6.45, 7) is 13.9. The van der Waals surface area contributed by atoms with E-state index in [4.69, 9.17) is 0 Å². The Morgan fingerprint density at radius 1 is 0.780 bits per heavy atom. The summed E-state index contributed by atoms with van der Waals surface area (Å²) in [5.74, 6) is -1.59. The van der Waals surface area contributed by atoms with Crippen LogP contribution in [0.5, 0.6) is 0 Å². The number of carbonyl (C=O) groups excluding carboxylic acids is 5. The summed E-state index contributed by atoms with van der Waals surface area (Å²) >= 11 is 0. The Bertz CT molecular complexity index is 1430. The molecule has 0 unspecified atom stereocenters. The molecule has 5 rings (SSSR count).